The first-order valence-corrected chi connectivity index (χ1v) is 6.96. The van der Waals surface area contributed by atoms with E-state index in [0.717, 1.165) is 37.8 Å². The fourth-order valence-corrected chi connectivity index (χ4v) is 2.77. The molecule has 2 N–H and O–H groups in total. The third-order valence-corrected chi connectivity index (χ3v) is 4.13. The monoisotopic (exact) mass is 240 g/mol. The van der Waals surface area contributed by atoms with E-state index >= 15 is 0 Å². The Morgan fingerprint density at radius 1 is 1.44 bits per heavy atom. The van der Waals surface area contributed by atoms with E-state index in [2.05, 4.69) is 17.3 Å². The summed E-state index contributed by atoms with van der Waals surface area (Å²) in [4.78, 5) is 4.50. The molecule has 2 rings (SSSR count). The first-order valence-electron chi connectivity index (χ1n) is 6.08. The molecule has 1 aromatic heterocycles. The summed E-state index contributed by atoms with van der Waals surface area (Å²) < 4.78 is 5.86. The van der Waals surface area contributed by atoms with Crippen molar-refractivity contribution in [2.24, 2.45) is 5.73 Å². The van der Waals surface area contributed by atoms with Crippen LogP contribution in [0.25, 0.3) is 0 Å². The van der Waals surface area contributed by atoms with Gasteiger partial charge < -0.3 is 10.5 Å². The average molecular weight is 240 g/mol. The summed E-state index contributed by atoms with van der Waals surface area (Å²) in [7, 11) is 0. The number of hydrogen-bond donors (Lipinski definition) is 1. The van der Waals surface area contributed by atoms with E-state index in [0.29, 0.717) is 18.8 Å². The maximum Gasteiger partial charge on any atom is 0.0926 e. The number of aromatic nitrogens is 1. The van der Waals surface area contributed by atoms with Crippen molar-refractivity contribution in [1.29, 1.82) is 0 Å². The zero-order valence-electron chi connectivity index (χ0n) is 9.82. The van der Waals surface area contributed by atoms with Crippen molar-refractivity contribution in [1.82, 2.24) is 4.98 Å². The van der Waals surface area contributed by atoms with Crippen LogP contribution in [-0.4, -0.2) is 17.1 Å². The molecule has 0 bridgehead atoms. The van der Waals surface area contributed by atoms with Gasteiger partial charge in [0.25, 0.3) is 0 Å². The molecule has 90 valence electrons. The highest BCUT2D eigenvalue weighted by Crippen LogP contribution is 2.21. The second-order valence-corrected chi connectivity index (χ2v) is 5.38. The van der Waals surface area contributed by atoms with Crippen molar-refractivity contribution in [3.05, 3.63) is 16.1 Å². The topological polar surface area (TPSA) is 48.1 Å². The number of thiazole rings is 1. The number of rotatable bonds is 4. The van der Waals surface area contributed by atoms with Crippen LogP contribution in [0.5, 0.6) is 0 Å². The maximum atomic E-state index is 5.86. The van der Waals surface area contributed by atoms with Crippen molar-refractivity contribution < 1.29 is 4.74 Å². The fourth-order valence-electron chi connectivity index (χ4n) is 2.04. The highest BCUT2D eigenvalue weighted by molar-refractivity contribution is 7.09. The lowest BCUT2D eigenvalue weighted by atomic mass is 9.94. The number of nitrogens with two attached hydrogens (primary N) is 1. The van der Waals surface area contributed by atoms with Gasteiger partial charge >= 0.3 is 0 Å². The summed E-state index contributed by atoms with van der Waals surface area (Å²) in [5, 5.41) is 3.30. The molecule has 16 heavy (non-hydrogen) atoms. The Morgan fingerprint density at radius 2 is 2.19 bits per heavy atom. The Bertz CT molecular complexity index is 319. The number of nitrogens with zero attached hydrogens (tertiary/aromatic N) is 1. The lowest BCUT2D eigenvalue weighted by Crippen LogP contribution is -2.30. The second-order valence-electron chi connectivity index (χ2n) is 4.43. The molecule has 1 saturated carbocycles. The molecule has 0 unspecified atom stereocenters. The van der Waals surface area contributed by atoms with Gasteiger partial charge in [-0.05, 0) is 32.1 Å². The van der Waals surface area contributed by atoms with Gasteiger partial charge in [0, 0.05) is 11.4 Å². The molecule has 1 fully saturated rings. The van der Waals surface area contributed by atoms with Crippen LogP contribution in [0.2, 0.25) is 0 Å². The van der Waals surface area contributed by atoms with Gasteiger partial charge in [0.05, 0.1) is 23.4 Å². The molecule has 0 amide bonds. The van der Waals surface area contributed by atoms with Gasteiger partial charge in [0.1, 0.15) is 0 Å². The Kier molecular flexibility index (Phi) is 4.32. The molecule has 0 spiro atoms. The van der Waals surface area contributed by atoms with Crippen molar-refractivity contribution >= 4 is 11.3 Å². The molecule has 0 atom stereocenters. The minimum absolute atomic E-state index is 0.394. The average Bonchev–Trinajstić information content (AvgIpc) is 2.76. The van der Waals surface area contributed by atoms with Crippen molar-refractivity contribution in [2.75, 3.05) is 0 Å². The zero-order chi connectivity index (χ0) is 11.4. The summed E-state index contributed by atoms with van der Waals surface area (Å²) in [5.74, 6) is 0. The van der Waals surface area contributed by atoms with Gasteiger partial charge in [-0.2, -0.15) is 0 Å². The molecule has 3 nitrogen and oxygen atoms in total. The fraction of sp³-hybridized carbons (Fsp3) is 0.750. The van der Waals surface area contributed by atoms with Gasteiger partial charge in [-0.15, -0.1) is 11.3 Å². The van der Waals surface area contributed by atoms with Crippen LogP contribution in [0, 0.1) is 0 Å². The highest BCUT2D eigenvalue weighted by atomic mass is 32.1. The third-order valence-electron chi connectivity index (χ3n) is 3.09. The van der Waals surface area contributed by atoms with Crippen LogP contribution in [0.15, 0.2) is 5.38 Å². The highest BCUT2D eigenvalue weighted by Gasteiger charge is 2.19. The van der Waals surface area contributed by atoms with E-state index in [4.69, 9.17) is 10.5 Å². The molecular weight excluding hydrogens is 220 g/mol. The molecule has 1 aliphatic rings. The van der Waals surface area contributed by atoms with Crippen LogP contribution >= 0.6 is 11.3 Å². The molecule has 0 saturated heterocycles. The Morgan fingerprint density at radius 3 is 2.81 bits per heavy atom. The van der Waals surface area contributed by atoms with E-state index in [1.165, 1.54) is 5.01 Å². The van der Waals surface area contributed by atoms with Crippen LogP contribution in [-0.2, 0) is 17.8 Å². The molecule has 1 aromatic rings. The van der Waals surface area contributed by atoms with Crippen LogP contribution in [0.3, 0.4) is 0 Å². The molecule has 4 heteroatoms. The third kappa shape index (κ3) is 3.27. The number of hydrogen-bond acceptors (Lipinski definition) is 4. The van der Waals surface area contributed by atoms with E-state index in [1.807, 2.05) is 0 Å². The smallest absolute Gasteiger partial charge is 0.0926 e. The van der Waals surface area contributed by atoms with Crippen molar-refractivity contribution in [3.8, 4) is 0 Å². The summed E-state index contributed by atoms with van der Waals surface area (Å²) >= 11 is 1.73. The summed E-state index contributed by atoms with van der Waals surface area (Å²) in [5.41, 5.74) is 6.94. The van der Waals surface area contributed by atoms with E-state index in [1.54, 1.807) is 11.3 Å². The summed E-state index contributed by atoms with van der Waals surface area (Å²) in [6.07, 6.45) is 5.82. The SMILES string of the molecule is CCc1nc(COC2CCC(N)CC2)cs1. The molecule has 1 aliphatic carbocycles. The first kappa shape index (κ1) is 12.0. The van der Waals surface area contributed by atoms with Gasteiger partial charge in [0.2, 0.25) is 0 Å². The second kappa shape index (κ2) is 5.75. The van der Waals surface area contributed by atoms with E-state index in [-0.39, 0.29) is 0 Å². The van der Waals surface area contributed by atoms with Gasteiger partial charge in [-0.1, -0.05) is 6.92 Å². The van der Waals surface area contributed by atoms with Crippen molar-refractivity contribution in [3.63, 3.8) is 0 Å². The van der Waals surface area contributed by atoms with Gasteiger partial charge in [0.15, 0.2) is 0 Å². The molecule has 1 heterocycles. The Hall–Kier alpha value is -0.450. The first-order chi connectivity index (χ1) is 7.78. The lowest BCUT2D eigenvalue weighted by molar-refractivity contribution is 0.0124. The van der Waals surface area contributed by atoms with E-state index in [9.17, 15) is 0 Å². The predicted molar refractivity (Wildman–Crippen MR) is 66.5 cm³/mol. The predicted octanol–water partition coefficient (Wildman–Crippen LogP) is 2.49. The van der Waals surface area contributed by atoms with Gasteiger partial charge in [-0.25, -0.2) is 4.98 Å². The van der Waals surface area contributed by atoms with E-state index < -0.39 is 0 Å². The minimum atomic E-state index is 0.394. The normalized spacial score (nSPS) is 25.9. The van der Waals surface area contributed by atoms with Crippen LogP contribution < -0.4 is 5.73 Å². The van der Waals surface area contributed by atoms with Gasteiger partial charge in [-0.3, -0.25) is 0 Å². The number of aryl methyl sites for hydroxylation is 1. The maximum absolute atomic E-state index is 5.86. The molecule has 0 radical (unpaired) electrons. The largest absolute Gasteiger partial charge is 0.372 e. The molecule has 0 aliphatic heterocycles. The molecular formula is C12H20N2OS. The standard InChI is InChI=1S/C12H20N2OS/c1-2-12-14-10(8-16-12)7-15-11-5-3-9(13)4-6-11/h8-9,11H,2-7,13H2,1H3. The number of ether oxygens (including phenoxy) is 1. The zero-order valence-corrected chi connectivity index (χ0v) is 10.6. The minimum Gasteiger partial charge on any atom is -0.372 e. The van der Waals surface area contributed by atoms with Crippen LogP contribution in [0.4, 0.5) is 0 Å². The Balaban J connectivity index is 1.74. The van der Waals surface area contributed by atoms with Crippen molar-refractivity contribution in [2.45, 2.75) is 57.8 Å². The van der Waals surface area contributed by atoms with Crippen LogP contribution in [0.1, 0.15) is 43.3 Å². The molecule has 0 aromatic carbocycles. The lowest BCUT2D eigenvalue weighted by Gasteiger charge is -2.25. The summed E-state index contributed by atoms with van der Waals surface area (Å²) in [6.45, 7) is 2.79. The summed E-state index contributed by atoms with van der Waals surface area (Å²) in [6, 6.07) is 0.394. The quantitative estimate of drug-likeness (QED) is 0.879. The Labute approximate surface area is 101 Å².